The van der Waals surface area contributed by atoms with Crippen molar-refractivity contribution in [1.82, 2.24) is 10.3 Å². The SMILES string of the molecule is Cc1ncccc1N1CCNC(C2CCCCC2)C1. The number of hydrogen-bond donors (Lipinski definition) is 1. The first-order valence-electron chi connectivity index (χ1n) is 7.74. The zero-order valence-corrected chi connectivity index (χ0v) is 11.9. The highest BCUT2D eigenvalue weighted by molar-refractivity contribution is 5.50. The van der Waals surface area contributed by atoms with Gasteiger partial charge in [0.25, 0.3) is 0 Å². The number of nitrogens with one attached hydrogen (secondary N) is 1. The van der Waals surface area contributed by atoms with E-state index in [1.807, 2.05) is 6.20 Å². The molecule has 2 aliphatic rings. The van der Waals surface area contributed by atoms with Crippen molar-refractivity contribution in [3.63, 3.8) is 0 Å². The van der Waals surface area contributed by atoms with Gasteiger partial charge >= 0.3 is 0 Å². The molecule has 1 aliphatic carbocycles. The molecule has 0 spiro atoms. The number of aromatic nitrogens is 1. The molecular weight excluding hydrogens is 234 g/mol. The minimum atomic E-state index is 0.675. The molecule has 1 N–H and O–H groups in total. The summed E-state index contributed by atoms with van der Waals surface area (Å²) in [4.78, 5) is 6.96. The standard InChI is InChI=1S/C16H25N3/c1-13-16(8-5-9-17-13)19-11-10-18-15(12-19)14-6-3-2-4-7-14/h5,8-9,14-15,18H,2-4,6-7,10-12H2,1H3. The van der Waals surface area contributed by atoms with Crippen LogP contribution in [0.3, 0.4) is 0 Å². The van der Waals surface area contributed by atoms with Crippen LogP contribution in [0.4, 0.5) is 5.69 Å². The summed E-state index contributed by atoms with van der Waals surface area (Å²) in [5, 5.41) is 3.75. The molecule has 0 bridgehead atoms. The lowest BCUT2D eigenvalue weighted by molar-refractivity contribution is 0.257. The van der Waals surface area contributed by atoms with E-state index in [1.165, 1.54) is 37.8 Å². The average Bonchev–Trinajstić information content (AvgIpc) is 2.49. The third-order valence-electron chi connectivity index (χ3n) is 4.74. The van der Waals surface area contributed by atoms with Gasteiger partial charge < -0.3 is 10.2 Å². The van der Waals surface area contributed by atoms with E-state index in [-0.39, 0.29) is 0 Å². The van der Waals surface area contributed by atoms with Gasteiger partial charge in [0.2, 0.25) is 0 Å². The van der Waals surface area contributed by atoms with E-state index in [0.717, 1.165) is 31.2 Å². The van der Waals surface area contributed by atoms with Crippen molar-refractivity contribution < 1.29 is 0 Å². The number of rotatable bonds is 2. The van der Waals surface area contributed by atoms with E-state index in [2.05, 4.69) is 34.3 Å². The van der Waals surface area contributed by atoms with E-state index in [4.69, 9.17) is 0 Å². The lowest BCUT2D eigenvalue weighted by Gasteiger charge is -2.40. The van der Waals surface area contributed by atoms with E-state index in [9.17, 15) is 0 Å². The summed E-state index contributed by atoms with van der Waals surface area (Å²) in [6, 6.07) is 4.94. The molecule has 0 amide bonds. The van der Waals surface area contributed by atoms with Crippen LogP contribution in [0.5, 0.6) is 0 Å². The van der Waals surface area contributed by atoms with Crippen LogP contribution in [0.15, 0.2) is 18.3 Å². The smallest absolute Gasteiger partial charge is 0.0605 e. The molecule has 1 aliphatic heterocycles. The Morgan fingerprint density at radius 2 is 2.11 bits per heavy atom. The van der Waals surface area contributed by atoms with Gasteiger partial charge in [-0.05, 0) is 37.8 Å². The highest BCUT2D eigenvalue weighted by Gasteiger charge is 2.28. The fraction of sp³-hybridized carbons (Fsp3) is 0.688. The molecule has 3 rings (SSSR count). The first-order valence-corrected chi connectivity index (χ1v) is 7.74. The molecule has 1 aromatic heterocycles. The Bertz CT molecular complexity index is 412. The number of piperazine rings is 1. The van der Waals surface area contributed by atoms with Gasteiger partial charge in [0.05, 0.1) is 11.4 Å². The fourth-order valence-electron chi connectivity index (χ4n) is 3.66. The Kier molecular flexibility index (Phi) is 4.02. The molecular formula is C16H25N3. The number of aryl methyl sites for hydroxylation is 1. The predicted molar refractivity (Wildman–Crippen MR) is 79.6 cm³/mol. The van der Waals surface area contributed by atoms with Crippen LogP contribution in [0.25, 0.3) is 0 Å². The van der Waals surface area contributed by atoms with Crippen molar-refractivity contribution in [3.05, 3.63) is 24.0 Å². The minimum Gasteiger partial charge on any atom is -0.367 e. The van der Waals surface area contributed by atoms with Gasteiger partial charge in [0.1, 0.15) is 0 Å². The van der Waals surface area contributed by atoms with E-state index in [0.29, 0.717) is 6.04 Å². The summed E-state index contributed by atoms with van der Waals surface area (Å²) in [7, 11) is 0. The maximum absolute atomic E-state index is 4.43. The second-order valence-corrected chi connectivity index (χ2v) is 6.01. The van der Waals surface area contributed by atoms with Gasteiger partial charge in [0.15, 0.2) is 0 Å². The van der Waals surface area contributed by atoms with E-state index < -0.39 is 0 Å². The Hall–Kier alpha value is -1.09. The van der Waals surface area contributed by atoms with Crippen LogP contribution in [0, 0.1) is 12.8 Å². The van der Waals surface area contributed by atoms with Crippen LogP contribution >= 0.6 is 0 Å². The van der Waals surface area contributed by atoms with Crippen LogP contribution in [0.1, 0.15) is 37.8 Å². The lowest BCUT2D eigenvalue weighted by atomic mass is 9.83. The van der Waals surface area contributed by atoms with Gasteiger partial charge in [-0.25, -0.2) is 0 Å². The third kappa shape index (κ3) is 2.92. The molecule has 1 atom stereocenters. The first-order chi connectivity index (χ1) is 9.34. The highest BCUT2D eigenvalue weighted by atomic mass is 15.2. The summed E-state index contributed by atoms with van der Waals surface area (Å²) in [6.45, 7) is 5.48. The molecule has 2 fully saturated rings. The Morgan fingerprint density at radius 1 is 1.26 bits per heavy atom. The molecule has 1 unspecified atom stereocenters. The zero-order chi connectivity index (χ0) is 13.1. The van der Waals surface area contributed by atoms with Crippen molar-refractivity contribution in [2.45, 2.75) is 45.1 Å². The van der Waals surface area contributed by atoms with E-state index in [1.54, 1.807) is 0 Å². The molecule has 3 nitrogen and oxygen atoms in total. The van der Waals surface area contributed by atoms with Gasteiger partial charge in [-0.2, -0.15) is 0 Å². The maximum Gasteiger partial charge on any atom is 0.0605 e. The molecule has 0 radical (unpaired) electrons. The highest BCUT2D eigenvalue weighted by Crippen LogP contribution is 2.29. The normalized spacial score (nSPS) is 25.5. The molecule has 104 valence electrons. The summed E-state index contributed by atoms with van der Waals surface area (Å²) >= 11 is 0. The predicted octanol–water partition coefficient (Wildman–Crippen LogP) is 2.75. The van der Waals surface area contributed by atoms with Crippen molar-refractivity contribution in [1.29, 1.82) is 0 Å². The Morgan fingerprint density at radius 3 is 2.89 bits per heavy atom. The number of anilines is 1. The summed E-state index contributed by atoms with van der Waals surface area (Å²) in [5.41, 5.74) is 2.48. The van der Waals surface area contributed by atoms with Crippen LogP contribution in [-0.4, -0.2) is 30.7 Å². The van der Waals surface area contributed by atoms with Gasteiger partial charge in [-0.15, -0.1) is 0 Å². The van der Waals surface area contributed by atoms with Crippen molar-refractivity contribution in [2.24, 2.45) is 5.92 Å². The van der Waals surface area contributed by atoms with Crippen molar-refractivity contribution in [3.8, 4) is 0 Å². The van der Waals surface area contributed by atoms with Crippen molar-refractivity contribution in [2.75, 3.05) is 24.5 Å². The average molecular weight is 259 g/mol. The Balaban J connectivity index is 1.69. The molecule has 1 aromatic rings. The van der Waals surface area contributed by atoms with Gasteiger partial charge in [-0.3, -0.25) is 4.98 Å². The summed E-state index contributed by atoms with van der Waals surface area (Å²) < 4.78 is 0. The molecule has 1 saturated heterocycles. The maximum atomic E-state index is 4.43. The zero-order valence-electron chi connectivity index (χ0n) is 11.9. The third-order valence-corrected chi connectivity index (χ3v) is 4.74. The first kappa shape index (κ1) is 12.9. The lowest BCUT2D eigenvalue weighted by Crippen LogP contribution is -2.54. The molecule has 1 saturated carbocycles. The quantitative estimate of drug-likeness (QED) is 0.885. The van der Waals surface area contributed by atoms with Crippen LogP contribution < -0.4 is 10.2 Å². The Labute approximate surface area is 116 Å². The second kappa shape index (κ2) is 5.91. The topological polar surface area (TPSA) is 28.2 Å². The van der Waals surface area contributed by atoms with E-state index >= 15 is 0 Å². The molecule has 3 heteroatoms. The fourth-order valence-corrected chi connectivity index (χ4v) is 3.66. The summed E-state index contributed by atoms with van der Waals surface area (Å²) in [5.74, 6) is 0.883. The molecule has 0 aromatic carbocycles. The van der Waals surface area contributed by atoms with Crippen LogP contribution in [-0.2, 0) is 0 Å². The molecule has 2 heterocycles. The molecule has 19 heavy (non-hydrogen) atoms. The minimum absolute atomic E-state index is 0.675. The number of nitrogens with zero attached hydrogens (tertiary/aromatic N) is 2. The number of hydrogen-bond acceptors (Lipinski definition) is 3. The summed E-state index contributed by atoms with van der Waals surface area (Å²) in [6.07, 6.45) is 9.01. The largest absolute Gasteiger partial charge is 0.367 e. The second-order valence-electron chi connectivity index (χ2n) is 6.01. The number of pyridine rings is 1. The van der Waals surface area contributed by atoms with Crippen molar-refractivity contribution >= 4 is 5.69 Å². The monoisotopic (exact) mass is 259 g/mol. The van der Waals surface area contributed by atoms with Gasteiger partial charge in [0, 0.05) is 31.9 Å². The van der Waals surface area contributed by atoms with Gasteiger partial charge in [-0.1, -0.05) is 19.3 Å². The van der Waals surface area contributed by atoms with Crippen LogP contribution in [0.2, 0.25) is 0 Å².